The van der Waals surface area contributed by atoms with E-state index >= 15 is 0 Å². The highest BCUT2D eigenvalue weighted by molar-refractivity contribution is 5.94. The first kappa shape index (κ1) is 16.0. The Balaban J connectivity index is 2.06. The van der Waals surface area contributed by atoms with E-state index in [2.05, 4.69) is 17.9 Å². The summed E-state index contributed by atoms with van der Waals surface area (Å²) in [7, 11) is 3.54. The normalized spacial score (nSPS) is 23.0. The summed E-state index contributed by atoms with van der Waals surface area (Å²) in [5.41, 5.74) is 1.90. The number of hydrogen-bond acceptors (Lipinski definition) is 3. The van der Waals surface area contributed by atoms with Gasteiger partial charge in [0.05, 0.1) is 0 Å². The maximum Gasteiger partial charge on any atom is 0.253 e. The average molecular weight is 290 g/mol. The molecule has 1 heterocycles. The van der Waals surface area contributed by atoms with Crippen LogP contribution in [-0.2, 0) is 6.54 Å². The Morgan fingerprint density at radius 1 is 1.43 bits per heavy atom. The van der Waals surface area contributed by atoms with E-state index in [1.54, 1.807) is 19.0 Å². The topological polar surface area (TPSA) is 43.8 Å². The minimum Gasteiger partial charge on any atom is -0.396 e. The number of aliphatic hydroxyl groups is 1. The van der Waals surface area contributed by atoms with Crippen molar-refractivity contribution in [1.82, 2.24) is 9.80 Å². The Morgan fingerprint density at radius 3 is 2.86 bits per heavy atom. The maximum atomic E-state index is 12.0. The molecule has 0 spiro atoms. The molecule has 1 fully saturated rings. The van der Waals surface area contributed by atoms with Crippen molar-refractivity contribution < 1.29 is 9.90 Å². The number of benzene rings is 1. The largest absolute Gasteiger partial charge is 0.396 e. The van der Waals surface area contributed by atoms with Gasteiger partial charge in [-0.15, -0.1) is 0 Å². The van der Waals surface area contributed by atoms with E-state index in [0.29, 0.717) is 0 Å². The Kier molecular flexibility index (Phi) is 5.01. The van der Waals surface area contributed by atoms with Crippen molar-refractivity contribution >= 4 is 5.91 Å². The number of carbonyl (C=O) groups is 1. The number of piperidine rings is 1. The van der Waals surface area contributed by atoms with Crippen LogP contribution in [0.1, 0.15) is 35.7 Å². The second-order valence-electron chi connectivity index (χ2n) is 6.68. The third-order valence-electron chi connectivity index (χ3n) is 4.23. The number of likely N-dealkylation sites (tertiary alicyclic amines) is 1. The smallest absolute Gasteiger partial charge is 0.253 e. The molecule has 0 aromatic heterocycles. The molecule has 4 nitrogen and oxygen atoms in total. The summed E-state index contributed by atoms with van der Waals surface area (Å²) in [6.45, 7) is 5.19. The Bertz CT molecular complexity index is 501. The van der Waals surface area contributed by atoms with Gasteiger partial charge in [0.15, 0.2) is 0 Å². The quantitative estimate of drug-likeness (QED) is 0.922. The standard InChI is InChI=1S/C17H26N2O2/c1-17(13-20)8-5-9-19(12-17)11-14-6-4-7-15(10-14)16(21)18(2)3/h4,6-7,10,20H,5,8-9,11-13H2,1-3H3. The minimum atomic E-state index is 0.00924. The fraction of sp³-hybridized carbons (Fsp3) is 0.588. The SMILES string of the molecule is CN(C)C(=O)c1cccc(CN2CCCC(C)(CO)C2)c1. The van der Waals surface area contributed by atoms with Gasteiger partial charge in [0.2, 0.25) is 0 Å². The van der Waals surface area contributed by atoms with Gasteiger partial charge < -0.3 is 10.0 Å². The zero-order chi connectivity index (χ0) is 15.5. The van der Waals surface area contributed by atoms with Crippen molar-refractivity contribution in [3.05, 3.63) is 35.4 Å². The van der Waals surface area contributed by atoms with Gasteiger partial charge in [-0.2, -0.15) is 0 Å². The lowest BCUT2D eigenvalue weighted by Gasteiger charge is -2.39. The summed E-state index contributed by atoms with van der Waals surface area (Å²) in [5.74, 6) is 0.0377. The van der Waals surface area contributed by atoms with E-state index in [0.717, 1.165) is 43.6 Å². The van der Waals surface area contributed by atoms with Crippen LogP contribution in [0.15, 0.2) is 24.3 Å². The summed E-state index contributed by atoms with van der Waals surface area (Å²) in [5, 5.41) is 9.54. The van der Waals surface area contributed by atoms with Gasteiger partial charge in [-0.05, 0) is 37.1 Å². The summed E-state index contributed by atoms with van der Waals surface area (Å²) >= 11 is 0. The number of aliphatic hydroxyl groups excluding tert-OH is 1. The van der Waals surface area contributed by atoms with Crippen molar-refractivity contribution in [3.8, 4) is 0 Å². The van der Waals surface area contributed by atoms with E-state index in [-0.39, 0.29) is 17.9 Å². The minimum absolute atomic E-state index is 0.00924. The number of rotatable bonds is 4. The third kappa shape index (κ3) is 4.05. The zero-order valence-electron chi connectivity index (χ0n) is 13.3. The van der Waals surface area contributed by atoms with Crippen LogP contribution in [0.25, 0.3) is 0 Å². The monoisotopic (exact) mass is 290 g/mol. The van der Waals surface area contributed by atoms with Crippen molar-refractivity contribution in [2.75, 3.05) is 33.8 Å². The van der Waals surface area contributed by atoms with Crippen LogP contribution in [-0.4, -0.2) is 54.6 Å². The highest BCUT2D eigenvalue weighted by Gasteiger charge is 2.30. The highest BCUT2D eigenvalue weighted by Crippen LogP contribution is 2.29. The number of hydrogen-bond donors (Lipinski definition) is 1. The molecular formula is C17H26N2O2. The molecule has 1 amide bonds. The lowest BCUT2D eigenvalue weighted by molar-refractivity contribution is 0.0429. The molecule has 1 aromatic carbocycles. The van der Waals surface area contributed by atoms with Crippen LogP contribution in [0.3, 0.4) is 0 Å². The molecule has 2 rings (SSSR count). The Hall–Kier alpha value is -1.39. The molecule has 1 aliphatic heterocycles. The molecule has 1 saturated heterocycles. The van der Waals surface area contributed by atoms with Crippen LogP contribution in [0.2, 0.25) is 0 Å². The van der Waals surface area contributed by atoms with Gasteiger partial charge in [-0.1, -0.05) is 19.1 Å². The van der Waals surface area contributed by atoms with E-state index in [9.17, 15) is 9.90 Å². The van der Waals surface area contributed by atoms with Crippen molar-refractivity contribution in [2.45, 2.75) is 26.3 Å². The molecule has 1 N–H and O–H groups in total. The molecule has 0 aliphatic carbocycles. The fourth-order valence-electron chi connectivity index (χ4n) is 3.01. The molecule has 1 aliphatic rings. The van der Waals surface area contributed by atoms with Crippen molar-refractivity contribution in [1.29, 1.82) is 0 Å². The number of nitrogens with zero attached hydrogens (tertiary/aromatic N) is 2. The van der Waals surface area contributed by atoms with E-state index < -0.39 is 0 Å². The van der Waals surface area contributed by atoms with Crippen LogP contribution in [0.4, 0.5) is 0 Å². The number of carbonyl (C=O) groups excluding carboxylic acids is 1. The van der Waals surface area contributed by atoms with Gasteiger partial charge in [-0.25, -0.2) is 0 Å². The highest BCUT2D eigenvalue weighted by atomic mass is 16.3. The van der Waals surface area contributed by atoms with Gasteiger partial charge in [-0.3, -0.25) is 9.69 Å². The second-order valence-corrected chi connectivity index (χ2v) is 6.68. The molecule has 1 aromatic rings. The molecule has 116 valence electrons. The molecule has 0 radical (unpaired) electrons. The molecule has 4 heteroatoms. The summed E-state index contributed by atoms with van der Waals surface area (Å²) in [4.78, 5) is 16.0. The van der Waals surface area contributed by atoms with E-state index in [1.165, 1.54) is 0 Å². The first-order valence-electron chi connectivity index (χ1n) is 7.57. The van der Waals surface area contributed by atoms with Crippen LogP contribution < -0.4 is 0 Å². The third-order valence-corrected chi connectivity index (χ3v) is 4.23. The molecule has 1 atom stereocenters. The first-order chi connectivity index (χ1) is 9.93. The van der Waals surface area contributed by atoms with Crippen molar-refractivity contribution in [2.24, 2.45) is 5.41 Å². The molecule has 21 heavy (non-hydrogen) atoms. The predicted molar refractivity (Wildman–Crippen MR) is 84.2 cm³/mol. The number of amides is 1. The van der Waals surface area contributed by atoms with Crippen LogP contribution in [0, 0.1) is 5.41 Å². The Labute approximate surface area is 127 Å². The van der Waals surface area contributed by atoms with Gasteiger partial charge in [0, 0.05) is 44.8 Å². The molecule has 0 saturated carbocycles. The lowest BCUT2D eigenvalue weighted by Crippen LogP contribution is -2.43. The zero-order valence-corrected chi connectivity index (χ0v) is 13.3. The van der Waals surface area contributed by atoms with Crippen molar-refractivity contribution in [3.63, 3.8) is 0 Å². The molecular weight excluding hydrogens is 264 g/mol. The summed E-state index contributed by atoms with van der Waals surface area (Å²) < 4.78 is 0. The fourth-order valence-corrected chi connectivity index (χ4v) is 3.01. The van der Waals surface area contributed by atoms with Crippen LogP contribution >= 0.6 is 0 Å². The summed E-state index contributed by atoms with van der Waals surface area (Å²) in [6.07, 6.45) is 2.20. The van der Waals surface area contributed by atoms with E-state index in [1.807, 2.05) is 18.2 Å². The predicted octanol–water partition coefficient (Wildman–Crippen LogP) is 1.98. The van der Waals surface area contributed by atoms with Gasteiger partial charge >= 0.3 is 0 Å². The molecule has 1 unspecified atom stereocenters. The molecule has 0 bridgehead atoms. The average Bonchev–Trinajstić information content (AvgIpc) is 2.47. The van der Waals surface area contributed by atoms with Gasteiger partial charge in [0.1, 0.15) is 0 Å². The second kappa shape index (κ2) is 6.58. The van der Waals surface area contributed by atoms with Crippen LogP contribution in [0.5, 0.6) is 0 Å². The lowest BCUT2D eigenvalue weighted by atomic mass is 9.82. The maximum absolute atomic E-state index is 12.0. The van der Waals surface area contributed by atoms with E-state index in [4.69, 9.17) is 0 Å². The summed E-state index contributed by atoms with van der Waals surface area (Å²) in [6, 6.07) is 7.85. The first-order valence-corrected chi connectivity index (χ1v) is 7.57. The Morgan fingerprint density at radius 2 is 2.19 bits per heavy atom. The van der Waals surface area contributed by atoms with Gasteiger partial charge in [0.25, 0.3) is 5.91 Å².